The largest absolute Gasteiger partial charge is 0.497 e. The number of hydrogen-bond acceptors (Lipinski definition) is 4. The Labute approximate surface area is 142 Å². The number of carbonyl (C=O) groups excluding carboxylic acids is 1. The third-order valence-corrected chi connectivity index (χ3v) is 4.25. The molecule has 126 valence electrons. The maximum Gasteiger partial charge on any atom is 0.231 e. The summed E-state index contributed by atoms with van der Waals surface area (Å²) in [5.41, 5.74) is 7.68. The average Bonchev–Trinajstić information content (AvgIpc) is 2.60. The molecule has 2 aromatic carbocycles. The molecule has 0 saturated heterocycles. The van der Waals surface area contributed by atoms with Crippen LogP contribution in [0.5, 0.6) is 11.5 Å². The van der Waals surface area contributed by atoms with Gasteiger partial charge in [0.2, 0.25) is 5.91 Å². The fourth-order valence-electron chi connectivity index (χ4n) is 3.16. The molecule has 0 aromatic heterocycles. The van der Waals surface area contributed by atoms with Crippen molar-refractivity contribution < 1.29 is 14.3 Å². The van der Waals surface area contributed by atoms with Crippen LogP contribution in [0.15, 0.2) is 48.5 Å². The molecule has 1 atom stereocenters. The predicted molar refractivity (Wildman–Crippen MR) is 91.9 cm³/mol. The van der Waals surface area contributed by atoms with Crippen LogP contribution in [0, 0.1) is 0 Å². The van der Waals surface area contributed by atoms with Gasteiger partial charge in [0, 0.05) is 24.6 Å². The topological polar surface area (TPSA) is 64.8 Å². The van der Waals surface area contributed by atoms with Gasteiger partial charge in [-0.25, -0.2) is 0 Å². The van der Waals surface area contributed by atoms with E-state index in [0.29, 0.717) is 13.2 Å². The Bertz CT molecular complexity index is 703. The van der Waals surface area contributed by atoms with Crippen LogP contribution in [0.2, 0.25) is 0 Å². The van der Waals surface area contributed by atoms with Crippen molar-refractivity contribution in [1.82, 2.24) is 4.90 Å². The second-order valence-corrected chi connectivity index (χ2v) is 5.91. The van der Waals surface area contributed by atoms with Gasteiger partial charge in [-0.1, -0.05) is 30.3 Å². The summed E-state index contributed by atoms with van der Waals surface area (Å²) in [6.07, 6.45) is 0.806. The minimum atomic E-state index is -0.332. The average molecular weight is 326 g/mol. The molecule has 0 unspecified atom stereocenters. The van der Waals surface area contributed by atoms with E-state index in [4.69, 9.17) is 15.2 Å². The summed E-state index contributed by atoms with van der Waals surface area (Å²) in [4.78, 5) is 13.7. The highest BCUT2D eigenvalue weighted by atomic mass is 16.5. The number of hydrogen-bond donors (Lipinski definition) is 1. The van der Waals surface area contributed by atoms with Crippen molar-refractivity contribution >= 4 is 5.91 Å². The normalized spacial score (nSPS) is 16.3. The summed E-state index contributed by atoms with van der Waals surface area (Å²) >= 11 is 0. The van der Waals surface area contributed by atoms with Crippen molar-refractivity contribution in [2.45, 2.75) is 19.0 Å². The second-order valence-electron chi connectivity index (χ2n) is 5.91. The minimum absolute atomic E-state index is 0.0663. The third-order valence-electron chi connectivity index (χ3n) is 4.25. The summed E-state index contributed by atoms with van der Waals surface area (Å²) in [5.74, 6) is 1.29. The number of methoxy groups -OCH3 is 1. The van der Waals surface area contributed by atoms with Gasteiger partial charge >= 0.3 is 0 Å². The van der Waals surface area contributed by atoms with Crippen LogP contribution in [0.4, 0.5) is 0 Å². The van der Waals surface area contributed by atoms with E-state index in [2.05, 4.69) is 17.0 Å². The number of rotatable bonds is 6. The van der Waals surface area contributed by atoms with E-state index in [1.54, 1.807) is 7.11 Å². The molecular formula is C19H22N2O3. The lowest BCUT2D eigenvalue weighted by molar-refractivity contribution is -0.120. The summed E-state index contributed by atoms with van der Waals surface area (Å²) in [7, 11) is 1.64. The van der Waals surface area contributed by atoms with Crippen LogP contribution in [0.3, 0.4) is 0 Å². The first-order valence-corrected chi connectivity index (χ1v) is 8.04. The Morgan fingerprint density at radius 3 is 2.79 bits per heavy atom. The molecule has 2 aromatic rings. The maximum atomic E-state index is 11.6. The van der Waals surface area contributed by atoms with Crippen molar-refractivity contribution in [1.29, 1.82) is 0 Å². The number of carbonyl (C=O) groups is 1. The zero-order valence-corrected chi connectivity index (χ0v) is 13.8. The van der Waals surface area contributed by atoms with Gasteiger partial charge in [0.1, 0.15) is 11.5 Å². The first-order chi connectivity index (χ1) is 11.7. The Hall–Kier alpha value is -2.53. The lowest BCUT2D eigenvalue weighted by atomic mass is 9.97. The molecule has 0 saturated carbocycles. The van der Waals surface area contributed by atoms with Crippen molar-refractivity contribution in [3.05, 3.63) is 59.7 Å². The van der Waals surface area contributed by atoms with Crippen molar-refractivity contribution in [2.24, 2.45) is 5.73 Å². The van der Waals surface area contributed by atoms with Gasteiger partial charge in [-0.05, 0) is 23.8 Å². The van der Waals surface area contributed by atoms with E-state index in [1.165, 1.54) is 0 Å². The molecule has 2 N–H and O–H groups in total. The van der Waals surface area contributed by atoms with Gasteiger partial charge in [0.15, 0.2) is 0 Å². The van der Waals surface area contributed by atoms with Crippen LogP contribution in [-0.2, 0) is 11.3 Å². The van der Waals surface area contributed by atoms with Crippen molar-refractivity contribution in [2.75, 3.05) is 20.3 Å². The lowest BCUT2D eigenvalue weighted by Gasteiger charge is -2.35. The summed E-state index contributed by atoms with van der Waals surface area (Å²) < 4.78 is 11.1. The quantitative estimate of drug-likeness (QED) is 0.886. The number of amides is 1. The van der Waals surface area contributed by atoms with Crippen LogP contribution < -0.4 is 15.2 Å². The smallest absolute Gasteiger partial charge is 0.231 e. The highest BCUT2D eigenvalue weighted by Crippen LogP contribution is 2.38. The van der Waals surface area contributed by atoms with E-state index < -0.39 is 0 Å². The first kappa shape index (κ1) is 16.3. The first-order valence-electron chi connectivity index (χ1n) is 8.04. The number of ether oxygens (including phenoxy) is 2. The van der Waals surface area contributed by atoms with E-state index in [0.717, 1.165) is 29.0 Å². The number of benzene rings is 2. The summed E-state index contributed by atoms with van der Waals surface area (Å²) in [6, 6.07) is 15.9. The summed E-state index contributed by atoms with van der Waals surface area (Å²) in [5, 5.41) is 0. The Balaban J connectivity index is 1.92. The van der Waals surface area contributed by atoms with Crippen LogP contribution in [-0.4, -0.2) is 31.1 Å². The van der Waals surface area contributed by atoms with E-state index >= 15 is 0 Å². The van der Waals surface area contributed by atoms with E-state index in [-0.39, 0.29) is 18.5 Å². The molecule has 0 radical (unpaired) electrons. The highest BCUT2D eigenvalue weighted by Gasteiger charge is 2.28. The molecule has 24 heavy (non-hydrogen) atoms. The van der Waals surface area contributed by atoms with Crippen molar-refractivity contribution in [3.63, 3.8) is 0 Å². The van der Waals surface area contributed by atoms with E-state index in [1.807, 2.05) is 36.4 Å². The number of nitrogens with zero attached hydrogens (tertiary/aromatic N) is 1. The van der Waals surface area contributed by atoms with Gasteiger partial charge in [-0.3, -0.25) is 9.69 Å². The van der Waals surface area contributed by atoms with Crippen LogP contribution in [0.25, 0.3) is 0 Å². The van der Waals surface area contributed by atoms with Gasteiger partial charge in [-0.15, -0.1) is 0 Å². The van der Waals surface area contributed by atoms with Crippen molar-refractivity contribution in [3.8, 4) is 11.5 Å². The van der Waals surface area contributed by atoms with Gasteiger partial charge in [-0.2, -0.15) is 0 Å². The van der Waals surface area contributed by atoms with Gasteiger partial charge in [0.05, 0.1) is 20.3 Å². The molecule has 0 aliphatic carbocycles. The zero-order chi connectivity index (χ0) is 16.9. The minimum Gasteiger partial charge on any atom is -0.497 e. The Morgan fingerprint density at radius 1 is 1.29 bits per heavy atom. The molecule has 1 aliphatic heterocycles. The molecule has 1 aliphatic rings. The highest BCUT2D eigenvalue weighted by molar-refractivity contribution is 5.76. The Morgan fingerprint density at radius 2 is 2.08 bits per heavy atom. The lowest BCUT2D eigenvalue weighted by Crippen LogP contribution is -2.38. The molecule has 5 heteroatoms. The molecular weight excluding hydrogens is 304 g/mol. The van der Waals surface area contributed by atoms with Crippen LogP contribution in [0.1, 0.15) is 23.6 Å². The standard InChI is InChI=1S/C19H22N2O3/c1-23-15-7-8-18-16(11-15)17(9-10-24-18)21(13-19(20)22)12-14-5-3-2-4-6-14/h2-8,11,17H,9-10,12-13H2,1H3,(H2,20,22)/t17-/m1/s1. The Kier molecular flexibility index (Phi) is 5.01. The number of primary amides is 1. The molecule has 5 nitrogen and oxygen atoms in total. The van der Waals surface area contributed by atoms with E-state index in [9.17, 15) is 4.79 Å². The zero-order valence-electron chi connectivity index (χ0n) is 13.8. The number of fused-ring (bicyclic) bond motifs is 1. The molecule has 0 bridgehead atoms. The summed E-state index contributed by atoms with van der Waals surface area (Å²) in [6.45, 7) is 1.48. The third kappa shape index (κ3) is 3.68. The molecule has 3 rings (SSSR count). The second kappa shape index (κ2) is 7.36. The van der Waals surface area contributed by atoms with Gasteiger partial charge in [0.25, 0.3) is 0 Å². The fraction of sp³-hybridized carbons (Fsp3) is 0.316. The predicted octanol–water partition coefficient (Wildman–Crippen LogP) is 2.51. The SMILES string of the molecule is COc1ccc2c(c1)[C@H](N(CC(N)=O)Cc1ccccc1)CCO2. The molecule has 1 heterocycles. The van der Waals surface area contributed by atoms with Gasteiger partial charge < -0.3 is 15.2 Å². The monoisotopic (exact) mass is 326 g/mol. The fourth-order valence-corrected chi connectivity index (χ4v) is 3.16. The van der Waals surface area contributed by atoms with Crippen LogP contribution >= 0.6 is 0 Å². The molecule has 1 amide bonds. The molecule has 0 spiro atoms. The molecule has 0 fully saturated rings. The maximum absolute atomic E-state index is 11.6. The number of nitrogens with two attached hydrogens (primary N) is 1.